The first-order chi connectivity index (χ1) is 7.26. The lowest BCUT2D eigenvalue weighted by molar-refractivity contribution is -0.118. The van der Waals surface area contributed by atoms with Crippen molar-refractivity contribution in [1.82, 2.24) is 10.3 Å². The third-order valence-corrected chi connectivity index (χ3v) is 1.76. The number of rotatable bonds is 5. The summed E-state index contributed by atoms with van der Waals surface area (Å²) in [7, 11) is 1.60. The Balaban J connectivity index is 2.45. The summed E-state index contributed by atoms with van der Waals surface area (Å²) in [4.78, 5) is 15.0. The van der Waals surface area contributed by atoms with Crippen molar-refractivity contribution in [2.45, 2.75) is 6.92 Å². The maximum atomic E-state index is 10.9. The molecule has 1 aromatic rings. The second-order valence-corrected chi connectivity index (χ2v) is 2.84. The number of nitrogens with one attached hydrogen (secondary N) is 2. The molecule has 2 N–H and O–H groups in total. The van der Waals surface area contributed by atoms with Gasteiger partial charge in [0, 0.05) is 13.1 Å². The summed E-state index contributed by atoms with van der Waals surface area (Å²) in [6.07, 6.45) is 1.63. The van der Waals surface area contributed by atoms with Gasteiger partial charge in [0.25, 0.3) is 0 Å². The molecule has 15 heavy (non-hydrogen) atoms. The number of carbonyl (C=O) groups is 1. The molecule has 1 aromatic heterocycles. The highest BCUT2D eigenvalue weighted by Gasteiger charge is 1.98. The first-order valence-electron chi connectivity index (χ1n) is 4.79. The van der Waals surface area contributed by atoms with E-state index in [4.69, 9.17) is 4.74 Å². The van der Waals surface area contributed by atoms with E-state index in [0.29, 0.717) is 12.5 Å². The van der Waals surface area contributed by atoms with E-state index in [2.05, 4.69) is 15.6 Å². The highest BCUT2D eigenvalue weighted by Crippen LogP contribution is 2.10. The molecule has 0 bridgehead atoms. The minimum Gasteiger partial charge on any atom is -0.478 e. The third kappa shape index (κ3) is 3.84. The Kier molecular flexibility index (Phi) is 4.40. The zero-order chi connectivity index (χ0) is 11.1. The van der Waals surface area contributed by atoms with Gasteiger partial charge in [-0.1, -0.05) is 0 Å². The van der Waals surface area contributed by atoms with Crippen LogP contribution >= 0.6 is 0 Å². The van der Waals surface area contributed by atoms with Gasteiger partial charge >= 0.3 is 0 Å². The standard InChI is InChI=1S/C10H15N3O2/c1-3-15-10-5-4-8(6-13-10)12-7-9(14)11-2/h4-6,12H,3,7H2,1-2H3,(H,11,14). The first kappa shape index (κ1) is 11.3. The van der Waals surface area contributed by atoms with Gasteiger partial charge < -0.3 is 15.4 Å². The highest BCUT2D eigenvalue weighted by atomic mass is 16.5. The average Bonchev–Trinajstić information content (AvgIpc) is 2.28. The van der Waals surface area contributed by atoms with Gasteiger partial charge in [0.05, 0.1) is 25.0 Å². The van der Waals surface area contributed by atoms with Crippen LogP contribution in [0.15, 0.2) is 18.3 Å². The van der Waals surface area contributed by atoms with Gasteiger partial charge in [0.1, 0.15) is 0 Å². The number of amides is 1. The van der Waals surface area contributed by atoms with Gasteiger partial charge in [-0.3, -0.25) is 4.79 Å². The molecule has 82 valence electrons. The third-order valence-electron chi connectivity index (χ3n) is 1.76. The number of pyridine rings is 1. The van der Waals surface area contributed by atoms with Crippen molar-refractivity contribution in [3.63, 3.8) is 0 Å². The van der Waals surface area contributed by atoms with Gasteiger partial charge in [0.2, 0.25) is 11.8 Å². The number of nitrogens with zero attached hydrogens (tertiary/aromatic N) is 1. The smallest absolute Gasteiger partial charge is 0.239 e. The normalized spacial score (nSPS) is 9.47. The lowest BCUT2D eigenvalue weighted by Crippen LogP contribution is -2.26. The largest absolute Gasteiger partial charge is 0.478 e. The van der Waals surface area contributed by atoms with Crippen molar-refractivity contribution >= 4 is 11.6 Å². The van der Waals surface area contributed by atoms with Crippen molar-refractivity contribution in [2.24, 2.45) is 0 Å². The summed E-state index contributed by atoms with van der Waals surface area (Å²) < 4.78 is 5.19. The molecule has 0 aliphatic carbocycles. The highest BCUT2D eigenvalue weighted by molar-refractivity contribution is 5.80. The van der Waals surface area contributed by atoms with Crippen molar-refractivity contribution in [1.29, 1.82) is 0 Å². The number of aromatic nitrogens is 1. The van der Waals surface area contributed by atoms with Crippen LogP contribution in [0, 0.1) is 0 Å². The van der Waals surface area contributed by atoms with E-state index < -0.39 is 0 Å². The van der Waals surface area contributed by atoms with Crippen molar-refractivity contribution in [3.05, 3.63) is 18.3 Å². The van der Waals surface area contributed by atoms with Crippen LogP contribution < -0.4 is 15.4 Å². The predicted molar refractivity (Wildman–Crippen MR) is 58.0 cm³/mol. The van der Waals surface area contributed by atoms with Gasteiger partial charge in [-0.05, 0) is 13.0 Å². The van der Waals surface area contributed by atoms with Crippen molar-refractivity contribution in [2.75, 3.05) is 25.5 Å². The molecule has 1 amide bonds. The van der Waals surface area contributed by atoms with E-state index in [9.17, 15) is 4.79 Å². The Morgan fingerprint density at radius 2 is 2.33 bits per heavy atom. The summed E-state index contributed by atoms with van der Waals surface area (Å²) in [6.45, 7) is 2.74. The Morgan fingerprint density at radius 3 is 2.87 bits per heavy atom. The quantitative estimate of drug-likeness (QED) is 0.747. The molecule has 0 spiro atoms. The topological polar surface area (TPSA) is 63.2 Å². The Bertz CT molecular complexity index is 311. The summed E-state index contributed by atoms with van der Waals surface area (Å²) in [6, 6.07) is 3.58. The fourth-order valence-electron chi connectivity index (χ4n) is 0.989. The van der Waals surface area contributed by atoms with Crippen LogP contribution in [0.4, 0.5) is 5.69 Å². The number of carbonyl (C=O) groups excluding carboxylic acids is 1. The molecule has 0 aliphatic rings. The number of hydrogen-bond acceptors (Lipinski definition) is 4. The number of likely N-dealkylation sites (N-methyl/N-ethyl adjacent to an activating group) is 1. The summed E-state index contributed by atoms with van der Waals surface area (Å²) in [5, 5.41) is 5.45. The average molecular weight is 209 g/mol. The molecule has 5 heteroatoms. The zero-order valence-corrected chi connectivity index (χ0v) is 8.91. The van der Waals surface area contributed by atoms with Crippen LogP contribution in [0.3, 0.4) is 0 Å². The SMILES string of the molecule is CCOc1ccc(NCC(=O)NC)cn1. The maximum absolute atomic E-state index is 10.9. The van der Waals surface area contributed by atoms with E-state index in [1.807, 2.05) is 13.0 Å². The molecule has 0 saturated carbocycles. The Hall–Kier alpha value is -1.78. The van der Waals surface area contributed by atoms with E-state index in [1.54, 1.807) is 19.3 Å². The van der Waals surface area contributed by atoms with Crippen molar-refractivity contribution in [3.8, 4) is 5.88 Å². The minimum atomic E-state index is -0.0658. The summed E-state index contributed by atoms with van der Waals surface area (Å²) in [5.74, 6) is 0.520. The monoisotopic (exact) mass is 209 g/mol. The molecule has 0 saturated heterocycles. The summed E-state index contributed by atoms with van der Waals surface area (Å²) in [5.41, 5.74) is 0.794. The Morgan fingerprint density at radius 1 is 1.53 bits per heavy atom. The number of anilines is 1. The number of hydrogen-bond donors (Lipinski definition) is 2. The molecule has 0 unspecified atom stereocenters. The molecule has 0 aromatic carbocycles. The van der Waals surface area contributed by atoms with Crippen LogP contribution in [0.1, 0.15) is 6.92 Å². The van der Waals surface area contributed by atoms with Gasteiger partial charge in [-0.2, -0.15) is 0 Å². The Labute approximate surface area is 88.9 Å². The van der Waals surface area contributed by atoms with E-state index in [-0.39, 0.29) is 12.5 Å². The van der Waals surface area contributed by atoms with Crippen LogP contribution in [0.2, 0.25) is 0 Å². The predicted octanol–water partition coefficient (Wildman–Crippen LogP) is 0.638. The molecular weight excluding hydrogens is 194 g/mol. The molecule has 0 aliphatic heterocycles. The minimum absolute atomic E-state index is 0.0658. The number of ether oxygens (including phenoxy) is 1. The molecule has 5 nitrogen and oxygen atoms in total. The first-order valence-corrected chi connectivity index (χ1v) is 4.79. The van der Waals surface area contributed by atoms with E-state index in [1.165, 1.54) is 0 Å². The lowest BCUT2D eigenvalue weighted by Gasteiger charge is -2.06. The molecule has 0 atom stereocenters. The molecular formula is C10H15N3O2. The fourth-order valence-corrected chi connectivity index (χ4v) is 0.989. The maximum Gasteiger partial charge on any atom is 0.239 e. The van der Waals surface area contributed by atoms with Gasteiger partial charge in [-0.15, -0.1) is 0 Å². The van der Waals surface area contributed by atoms with Crippen LogP contribution in [-0.4, -0.2) is 31.1 Å². The second kappa shape index (κ2) is 5.85. The molecule has 1 heterocycles. The van der Waals surface area contributed by atoms with E-state index >= 15 is 0 Å². The van der Waals surface area contributed by atoms with Gasteiger partial charge in [0.15, 0.2) is 0 Å². The van der Waals surface area contributed by atoms with Crippen molar-refractivity contribution < 1.29 is 9.53 Å². The fraction of sp³-hybridized carbons (Fsp3) is 0.400. The zero-order valence-electron chi connectivity index (χ0n) is 8.91. The molecule has 0 fully saturated rings. The van der Waals surface area contributed by atoms with Crippen LogP contribution in [0.25, 0.3) is 0 Å². The summed E-state index contributed by atoms with van der Waals surface area (Å²) >= 11 is 0. The van der Waals surface area contributed by atoms with E-state index in [0.717, 1.165) is 5.69 Å². The lowest BCUT2D eigenvalue weighted by atomic mass is 10.4. The van der Waals surface area contributed by atoms with Crippen LogP contribution in [-0.2, 0) is 4.79 Å². The van der Waals surface area contributed by atoms with Gasteiger partial charge in [-0.25, -0.2) is 4.98 Å². The second-order valence-electron chi connectivity index (χ2n) is 2.84. The molecule has 1 rings (SSSR count). The molecule has 0 radical (unpaired) electrons. The van der Waals surface area contributed by atoms with Crippen LogP contribution in [0.5, 0.6) is 5.88 Å².